The molecule has 0 bridgehead atoms. The highest BCUT2D eigenvalue weighted by molar-refractivity contribution is 9.09. The van der Waals surface area contributed by atoms with Crippen LogP contribution in [-0.2, 0) is 6.42 Å². The molecular formula is C11H13BrF2. The van der Waals surface area contributed by atoms with Gasteiger partial charge in [0.25, 0.3) is 0 Å². The zero-order chi connectivity index (χ0) is 10.4. The minimum absolute atomic E-state index is 0.747. The molecule has 0 aliphatic heterocycles. The SMILES string of the molecule is Fc1ccc(CCCCCBr)cc1F. The van der Waals surface area contributed by atoms with E-state index in [1.54, 1.807) is 6.07 Å². The van der Waals surface area contributed by atoms with Crippen molar-refractivity contribution in [1.82, 2.24) is 0 Å². The molecule has 0 N–H and O–H groups in total. The Balaban J connectivity index is 2.39. The van der Waals surface area contributed by atoms with Gasteiger partial charge in [-0.25, -0.2) is 8.78 Å². The zero-order valence-corrected chi connectivity index (χ0v) is 9.49. The van der Waals surface area contributed by atoms with E-state index in [0.29, 0.717) is 0 Å². The van der Waals surface area contributed by atoms with Crippen LogP contribution in [0.4, 0.5) is 8.78 Å². The topological polar surface area (TPSA) is 0 Å². The Labute approximate surface area is 91.5 Å². The van der Waals surface area contributed by atoms with E-state index in [0.717, 1.165) is 36.6 Å². The van der Waals surface area contributed by atoms with Crippen molar-refractivity contribution >= 4 is 15.9 Å². The normalized spacial score (nSPS) is 10.5. The van der Waals surface area contributed by atoms with Crippen molar-refractivity contribution in [2.24, 2.45) is 0 Å². The molecule has 0 unspecified atom stereocenters. The fourth-order valence-corrected chi connectivity index (χ4v) is 1.69. The van der Waals surface area contributed by atoms with Crippen LogP contribution in [0.25, 0.3) is 0 Å². The van der Waals surface area contributed by atoms with Crippen LogP contribution in [0, 0.1) is 11.6 Å². The Bertz CT molecular complexity index is 287. The van der Waals surface area contributed by atoms with Crippen molar-refractivity contribution in [2.75, 3.05) is 5.33 Å². The lowest BCUT2D eigenvalue weighted by molar-refractivity contribution is 0.506. The van der Waals surface area contributed by atoms with E-state index < -0.39 is 11.6 Å². The lowest BCUT2D eigenvalue weighted by Crippen LogP contribution is -1.90. The third-order valence-electron chi connectivity index (χ3n) is 2.08. The Kier molecular flexibility index (Phi) is 5.09. The summed E-state index contributed by atoms with van der Waals surface area (Å²) in [5, 5.41) is 1.00. The van der Waals surface area contributed by atoms with Crippen LogP contribution in [0.15, 0.2) is 18.2 Å². The van der Waals surface area contributed by atoms with Gasteiger partial charge in [0.1, 0.15) is 0 Å². The quantitative estimate of drug-likeness (QED) is 0.554. The molecule has 0 amide bonds. The first kappa shape index (κ1) is 11.6. The summed E-state index contributed by atoms with van der Waals surface area (Å²) in [5.74, 6) is -1.52. The first-order valence-electron chi connectivity index (χ1n) is 4.74. The van der Waals surface area contributed by atoms with E-state index in [2.05, 4.69) is 15.9 Å². The minimum atomic E-state index is -0.769. The number of alkyl halides is 1. The molecule has 0 radical (unpaired) electrons. The van der Waals surface area contributed by atoms with Gasteiger partial charge in [-0.05, 0) is 37.0 Å². The molecular weight excluding hydrogens is 250 g/mol. The van der Waals surface area contributed by atoms with Gasteiger partial charge < -0.3 is 0 Å². The highest BCUT2D eigenvalue weighted by atomic mass is 79.9. The summed E-state index contributed by atoms with van der Waals surface area (Å²) in [4.78, 5) is 0. The summed E-state index contributed by atoms with van der Waals surface area (Å²) in [6.45, 7) is 0. The van der Waals surface area contributed by atoms with Gasteiger partial charge in [0, 0.05) is 5.33 Å². The van der Waals surface area contributed by atoms with Crippen molar-refractivity contribution in [3.63, 3.8) is 0 Å². The lowest BCUT2D eigenvalue weighted by Gasteiger charge is -2.01. The first-order chi connectivity index (χ1) is 6.74. The van der Waals surface area contributed by atoms with Crippen molar-refractivity contribution < 1.29 is 8.78 Å². The van der Waals surface area contributed by atoms with E-state index >= 15 is 0 Å². The first-order valence-corrected chi connectivity index (χ1v) is 5.86. The van der Waals surface area contributed by atoms with Gasteiger partial charge in [0.05, 0.1) is 0 Å². The molecule has 3 heteroatoms. The molecule has 0 saturated carbocycles. The van der Waals surface area contributed by atoms with E-state index in [1.165, 1.54) is 12.1 Å². The number of benzene rings is 1. The maximum Gasteiger partial charge on any atom is 0.159 e. The Morgan fingerprint density at radius 3 is 2.43 bits per heavy atom. The van der Waals surface area contributed by atoms with Crippen molar-refractivity contribution in [3.05, 3.63) is 35.4 Å². The average Bonchev–Trinajstić information content (AvgIpc) is 2.18. The maximum atomic E-state index is 12.8. The third-order valence-corrected chi connectivity index (χ3v) is 2.64. The van der Waals surface area contributed by atoms with Gasteiger partial charge in [-0.15, -0.1) is 0 Å². The molecule has 0 heterocycles. The number of hydrogen-bond donors (Lipinski definition) is 0. The molecule has 0 aliphatic carbocycles. The molecule has 14 heavy (non-hydrogen) atoms. The second-order valence-corrected chi connectivity index (χ2v) is 4.04. The van der Waals surface area contributed by atoms with Crippen LogP contribution < -0.4 is 0 Å². The summed E-state index contributed by atoms with van der Waals surface area (Å²) in [6, 6.07) is 4.12. The predicted molar refractivity (Wildman–Crippen MR) is 57.7 cm³/mol. The molecule has 0 spiro atoms. The summed E-state index contributed by atoms with van der Waals surface area (Å²) >= 11 is 3.35. The van der Waals surface area contributed by atoms with Crippen LogP contribution >= 0.6 is 15.9 Å². The molecule has 1 aromatic rings. The third kappa shape index (κ3) is 3.74. The van der Waals surface area contributed by atoms with Crippen LogP contribution in [0.5, 0.6) is 0 Å². The fraction of sp³-hybridized carbons (Fsp3) is 0.455. The second-order valence-electron chi connectivity index (χ2n) is 3.25. The van der Waals surface area contributed by atoms with Crippen molar-refractivity contribution in [1.29, 1.82) is 0 Å². The molecule has 78 valence electrons. The molecule has 0 saturated heterocycles. The largest absolute Gasteiger partial charge is 0.204 e. The molecule has 1 rings (SSSR count). The summed E-state index contributed by atoms with van der Waals surface area (Å²) in [7, 11) is 0. The number of rotatable bonds is 5. The molecule has 0 aromatic heterocycles. The Hall–Kier alpha value is -0.440. The number of unbranched alkanes of at least 4 members (excludes halogenated alkanes) is 2. The number of halogens is 3. The maximum absolute atomic E-state index is 12.8. The van der Waals surface area contributed by atoms with Gasteiger partial charge in [-0.3, -0.25) is 0 Å². The van der Waals surface area contributed by atoms with Gasteiger partial charge in [0.2, 0.25) is 0 Å². The van der Waals surface area contributed by atoms with Gasteiger partial charge in [-0.2, -0.15) is 0 Å². The lowest BCUT2D eigenvalue weighted by atomic mass is 10.1. The summed E-state index contributed by atoms with van der Waals surface area (Å²) < 4.78 is 25.3. The molecule has 0 atom stereocenters. The van der Waals surface area contributed by atoms with Crippen LogP contribution in [-0.4, -0.2) is 5.33 Å². The molecule has 0 aliphatic rings. The minimum Gasteiger partial charge on any atom is -0.204 e. The van der Waals surface area contributed by atoms with Gasteiger partial charge in [0.15, 0.2) is 11.6 Å². The predicted octanol–water partition coefficient (Wildman–Crippen LogP) is 4.07. The number of aryl methyl sites for hydroxylation is 1. The van der Waals surface area contributed by atoms with E-state index in [9.17, 15) is 8.78 Å². The average molecular weight is 263 g/mol. The van der Waals surface area contributed by atoms with Crippen molar-refractivity contribution in [3.8, 4) is 0 Å². The fourth-order valence-electron chi connectivity index (χ4n) is 1.30. The highest BCUT2D eigenvalue weighted by Crippen LogP contribution is 2.12. The van der Waals surface area contributed by atoms with E-state index in [-0.39, 0.29) is 0 Å². The smallest absolute Gasteiger partial charge is 0.159 e. The second kappa shape index (κ2) is 6.12. The number of hydrogen-bond acceptors (Lipinski definition) is 0. The van der Waals surface area contributed by atoms with Crippen LogP contribution in [0.2, 0.25) is 0 Å². The van der Waals surface area contributed by atoms with Crippen LogP contribution in [0.3, 0.4) is 0 Å². The van der Waals surface area contributed by atoms with E-state index in [1.807, 2.05) is 0 Å². The summed E-state index contributed by atoms with van der Waals surface area (Å²) in [5.41, 5.74) is 0.874. The molecule has 1 aromatic carbocycles. The van der Waals surface area contributed by atoms with Gasteiger partial charge in [-0.1, -0.05) is 28.4 Å². The Morgan fingerprint density at radius 1 is 1.00 bits per heavy atom. The monoisotopic (exact) mass is 262 g/mol. The van der Waals surface area contributed by atoms with E-state index in [4.69, 9.17) is 0 Å². The standard InChI is InChI=1S/C11H13BrF2/c12-7-3-1-2-4-9-5-6-10(13)11(14)8-9/h5-6,8H,1-4,7H2. The molecule has 0 fully saturated rings. The highest BCUT2D eigenvalue weighted by Gasteiger charge is 2.01. The summed E-state index contributed by atoms with van der Waals surface area (Å²) in [6.07, 6.45) is 4.09. The molecule has 0 nitrogen and oxygen atoms in total. The zero-order valence-electron chi connectivity index (χ0n) is 7.90. The Morgan fingerprint density at radius 2 is 1.79 bits per heavy atom. The van der Waals surface area contributed by atoms with Crippen molar-refractivity contribution in [2.45, 2.75) is 25.7 Å². The van der Waals surface area contributed by atoms with Crippen LogP contribution in [0.1, 0.15) is 24.8 Å². The van der Waals surface area contributed by atoms with Gasteiger partial charge >= 0.3 is 0 Å².